The Labute approximate surface area is 42.7 Å². The highest BCUT2D eigenvalue weighted by atomic mass is 35.5. The van der Waals surface area contributed by atoms with E-state index in [4.69, 9.17) is 11.6 Å². The first kappa shape index (κ1) is 6.36. The third kappa shape index (κ3) is 4.36. The molecule has 0 heterocycles. The van der Waals surface area contributed by atoms with E-state index in [1.165, 1.54) is 0 Å². The smallest absolute Gasteiger partial charge is 0.137 e. The Morgan fingerprint density at radius 3 is 2.50 bits per heavy atom. The average molecular weight is 130 g/mol. The zero-order chi connectivity index (χ0) is 4.99. The molecule has 0 aromatic carbocycles. The highest BCUT2D eigenvalue weighted by Gasteiger charge is 1.72. The summed E-state index contributed by atoms with van der Waals surface area (Å²) >= 11 is 2.33. The van der Waals surface area contributed by atoms with Crippen molar-refractivity contribution in [3.05, 3.63) is 0 Å². The van der Waals surface area contributed by atoms with Gasteiger partial charge in [-0.15, -0.1) is 0 Å². The van der Waals surface area contributed by atoms with Crippen molar-refractivity contribution in [3.8, 4) is 0 Å². The third-order valence-corrected chi connectivity index (χ3v) is 0.690. The van der Waals surface area contributed by atoms with Gasteiger partial charge in [0.05, 0.1) is 11.4 Å². The topological polar surface area (TPSA) is 49.4 Å². The van der Waals surface area contributed by atoms with E-state index in [0.29, 0.717) is 0 Å². The van der Waals surface area contributed by atoms with Gasteiger partial charge >= 0.3 is 0 Å². The van der Waals surface area contributed by atoms with Crippen molar-refractivity contribution in [1.29, 1.82) is 0 Å². The van der Waals surface area contributed by atoms with Crippen LogP contribution in [0.3, 0.4) is 0 Å². The maximum absolute atomic E-state index is 9.29. The molecule has 0 radical (unpaired) electrons. The van der Waals surface area contributed by atoms with E-state index in [9.17, 15) is 8.76 Å². The van der Waals surface area contributed by atoms with E-state index < -0.39 is 11.4 Å². The molecule has 1 atom stereocenters. The van der Waals surface area contributed by atoms with Crippen molar-refractivity contribution >= 4 is 23.0 Å². The summed E-state index contributed by atoms with van der Waals surface area (Å²) in [7, 11) is 0. The molecule has 0 aromatic heterocycles. The lowest BCUT2D eigenvalue weighted by molar-refractivity contribution is 0.351. The molecule has 0 amide bonds. The van der Waals surface area contributed by atoms with Crippen LogP contribution in [-0.4, -0.2) is 14.8 Å². The molecule has 0 fully saturated rings. The van der Waals surface area contributed by atoms with Crippen LogP contribution in [0.25, 0.3) is 0 Å². The molecule has 0 saturated heterocycles. The zero-order valence-electron chi connectivity index (χ0n) is 2.72. The average Bonchev–Trinajstić information content (AvgIpc) is 1.35. The first-order valence-corrected chi connectivity index (χ1v) is 2.59. The van der Waals surface area contributed by atoms with Crippen LogP contribution in [0, 0.1) is 0 Å². The Hall–Kier alpha value is 0.360. The molecule has 0 aliphatic rings. The summed E-state index contributed by atoms with van der Waals surface area (Å²) in [6.07, 6.45) is 0. The summed E-state index contributed by atoms with van der Waals surface area (Å²) in [5.41, 5.74) is 0. The van der Waals surface area contributed by atoms with E-state index >= 15 is 0 Å². The molecule has 3 nitrogen and oxygen atoms in total. The number of rotatable bonds is 2. The quantitative estimate of drug-likeness (QED) is 0.389. The second-order valence-corrected chi connectivity index (χ2v) is 1.29. The third-order valence-electron chi connectivity index (χ3n) is 0.141. The fraction of sp³-hybridized carbons (Fsp3) is 1.00. The monoisotopic (exact) mass is 129 g/mol. The Kier molecular flexibility index (Phi) is 3.76. The minimum Gasteiger partial charge on any atom is -0.750 e. The van der Waals surface area contributed by atoms with Crippen LogP contribution in [0.2, 0.25) is 0 Å². The molecule has 0 aromatic rings. The summed E-state index contributed by atoms with van der Waals surface area (Å²) in [6.45, 7) is 0. The molecule has 0 N–H and O–H groups in total. The minimum atomic E-state index is -2.45. The largest absolute Gasteiger partial charge is 0.750 e. The van der Waals surface area contributed by atoms with E-state index in [1.54, 1.807) is 0 Å². The molecule has 0 spiro atoms. The summed E-state index contributed by atoms with van der Waals surface area (Å²) in [6, 6.07) is -0.309. The lowest BCUT2D eigenvalue weighted by atomic mass is 11.7. The molecule has 0 aliphatic carbocycles. The molecule has 5 heteroatoms. The Morgan fingerprint density at radius 1 is 2.00 bits per heavy atom. The predicted molar refractivity (Wildman–Crippen MR) is 20.7 cm³/mol. The number of halogens is 1. The van der Waals surface area contributed by atoms with Crippen LogP contribution in [-0.2, 0) is 15.5 Å². The lowest BCUT2D eigenvalue weighted by Crippen LogP contribution is -1.90. The van der Waals surface area contributed by atoms with Gasteiger partial charge in [-0.2, -0.15) is 0 Å². The van der Waals surface area contributed by atoms with Gasteiger partial charge in [0.1, 0.15) is 6.07 Å². The van der Waals surface area contributed by atoms with E-state index in [0.717, 1.165) is 0 Å². The molecular weight excluding hydrogens is 128 g/mol. The lowest BCUT2D eigenvalue weighted by Gasteiger charge is -1.97. The predicted octanol–water partition coefficient (Wildman–Crippen LogP) is -0.00660. The maximum Gasteiger partial charge on any atom is 0.137 e. The van der Waals surface area contributed by atoms with Gasteiger partial charge in [0.2, 0.25) is 0 Å². The number of hydrogen-bond donors (Lipinski definition) is 0. The first-order valence-electron chi connectivity index (χ1n) is 1.06. The molecule has 1 unspecified atom stereocenters. The van der Waals surface area contributed by atoms with Crippen LogP contribution in [0.1, 0.15) is 0 Å². The molecule has 0 aliphatic heterocycles. The normalized spacial score (nSPS) is 14.3. The summed E-state index contributed by atoms with van der Waals surface area (Å²) in [5.74, 6) is 0. The first-order chi connectivity index (χ1) is 2.77. The van der Waals surface area contributed by atoms with Crippen LogP contribution in [0.5, 0.6) is 0 Å². The Bertz CT molecular complexity index is 54.8. The van der Waals surface area contributed by atoms with E-state index in [-0.39, 0.29) is 6.07 Å². The second kappa shape index (κ2) is 3.55. The fourth-order valence-electron chi connectivity index (χ4n) is 0.0364. The SMILES string of the molecule is O=S([O-])OCCl. The van der Waals surface area contributed by atoms with Gasteiger partial charge in [-0.3, -0.25) is 4.18 Å². The second-order valence-electron chi connectivity index (χ2n) is 0.431. The van der Waals surface area contributed by atoms with Crippen LogP contribution >= 0.6 is 11.6 Å². The van der Waals surface area contributed by atoms with Crippen LogP contribution in [0.4, 0.5) is 0 Å². The molecule has 0 saturated carbocycles. The van der Waals surface area contributed by atoms with Crippen molar-refractivity contribution < 1.29 is 12.9 Å². The van der Waals surface area contributed by atoms with Gasteiger partial charge in [0.15, 0.2) is 0 Å². The standard InChI is InChI=1S/CH3ClO3S/c2-1-5-6(3)4/h1H2,(H,3,4)/p-1. The highest BCUT2D eigenvalue weighted by Crippen LogP contribution is 1.79. The Morgan fingerprint density at radius 2 is 2.50 bits per heavy atom. The number of alkyl halides is 1. The van der Waals surface area contributed by atoms with Gasteiger partial charge in [0.25, 0.3) is 0 Å². The van der Waals surface area contributed by atoms with Gasteiger partial charge in [-0.1, -0.05) is 11.6 Å². The van der Waals surface area contributed by atoms with Gasteiger partial charge < -0.3 is 4.55 Å². The minimum absolute atomic E-state index is 0.309. The van der Waals surface area contributed by atoms with Crippen molar-refractivity contribution in [3.63, 3.8) is 0 Å². The highest BCUT2D eigenvalue weighted by molar-refractivity contribution is 7.74. The van der Waals surface area contributed by atoms with Gasteiger partial charge in [0, 0.05) is 0 Å². The molecule has 6 heavy (non-hydrogen) atoms. The molecule has 0 rings (SSSR count). The number of hydrogen-bond acceptors (Lipinski definition) is 3. The molecule has 0 bridgehead atoms. The van der Waals surface area contributed by atoms with E-state index in [1.807, 2.05) is 0 Å². The summed E-state index contributed by atoms with van der Waals surface area (Å²) < 4.78 is 22.3. The van der Waals surface area contributed by atoms with Gasteiger partial charge in [-0.25, -0.2) is 4.21 Å². The fourth-order valence-corrected chi connectivity index (χ4v) is 0.327. The van der Waals surface area contributed by atoms with Crippen LogP contribution in [0.15, 0.2) is 0 Å². The van der Waals surface area contributed by atoms with Crippen molar-refractivity contribution in [2.24, 2.45) is 0 Å². The van der Waals surface area contributed by atoms with Crippen molar-refractivity contribution in [1.82, 2.24) is 0 Å². The molecular formula is CH2ClO3S-. The zero-order valence-corrected chi connectivity index (χ0v) is 4.29. The Balaban J connectivity index is 2.83. The molecule has 38 valence electrons. The van der Waals surface area contributed by atoms with E-state index in [2.05, 4.69) is 4.18 Å². The summed E-state index contributed by atoms with van der Waals surface area (Å²) in [5, 5.41) is 0. The van der Waals surface area contributed by atoms with Gasteiger partial charge in [-0.05, 0) is 0 Å². The summed E-state index contributed by atoms with van der Waals surface area (Å²) in [4.78, 5) is 0. The van der Waals surface area contributed by atoms with Crippen molar-refractivity contribution in [2.75, 3.05) is 6.07 Å². The maximum atomic E-state index is 9.29. The van der Waals surface area contributed by atoms with Crippen molar-refractivity contribution in [2.45, 2.75) is 0 Å². The van der Waals surface area contributed by atoms with Crippen LogP contribution < -0.4 is 0 Å².